The number of ketones is 1. The van der Waals surface area contributed by atoms with E-state index in [1.165, 1.54) is 24.1 Å². The quantitative estimate of drug-likeness (QED) is 0.0484. The number of fused-ring (bicyclic) bond motifs is 1. The Morgan fingerprint density at radius 3 is 2.48 bits per heavy atom. The number of hydrazone groups is 1. The number of thiazole rings is 1. The number of benzene rings is 1. The van der Waals surface area contributed by atoms with Crippen LogP contribution >= 0.6 is 34.7 Å². The number of nitrogens with zero attached hydrogens (tertiary/aromatic N) is 6. The molecule has 20 nitrogen and oxygen atoms in total. The van der Waals surface area contributed by atoms with Crippen LogP contribution in [0.25, 0.3) is 0 Å². The van der Waals surface area contributed by atoms with E-state index in [2.05, 4.69) is 20.7 Å². The van der Waals surface area contributed by atoms with Crippen molar-refractivity contribution in [2.75, 3.05) is 25.4 Å². The van der Waals surface area contributed by atoms with Gasteiger partial charge in [0.05, 0.1) is 29.4 Å². The van der Waals surface area contributed by atoms with Crippen LogP contribution in [0.15, 0.2) is 27.8 Å². The summed E-state index contributed by atoms with van der Waals surface area (Å²) in [4.78, 5) is 86.9. The number of β-lactam (4-membered cyclic amide) rings is 1. The Balaban J connectivity index is 1.31. The molecule has 1 aromatic heterocycles. The molecule has 0 saturated carbocycles. The molecule has 5 rings (SSSR count). The number of anilines is 1. The summed E-state index contributed by atoms with van der Waals surface area (Å²) in [5.41, 5.74) is 5.04. The molecule has 3 aliphatic heterocycles. The standard InChI is InChI=1S/C27H28ClN9O11S2/c1-26(2,22(43)44)48-34-17(12-8-49-24(29)31-12)14(39)7-11-20(42)35-9-27(23(45)46,50-21(11)35)36-5-6-37(25(36)47)33-19(41)16(32-30)10-3-4-13(38)18(40)15(10)28/h3-4,8,11,21,38,40H,5-7,9,30H2,1-2H3,(H2,29,31)(H,33,41)(H,43,44)(H,45,46)/b32-16-,34-17-/t11-,21-,27-/m1/s1. The zero-order valence-electron chi connectivity index (χ0n) is 25.9. The first-order valence-corrected chi connectivity index (χ1v) is 16.4. The van der Waals surface area contributed by atoms with Crippen LogP contribution < -0.4 is 17.0 Å². The number of hydrogen-bond donors (Lipinski definition) is 7. The number of thioether (sulfide) groups is 1. The van der Waals surface area contributed by atoms with Crippen LogP contribution in [0.1, 0.15) is 31.5 Å². The molecule has 0 bridgehead atoms. The van der Waals surface area contributed by atoms with Gasteiger partial charge in [0.1, 0.15) is 5.69 Å². The number of carboxylic acids is 2. The summed E-state index contributed by atoms with van der Waals surface area (Å²) < 4.78 is 0. The molecular weight excluding hydrogens is 726 g/mol. The molecule has 4 heterocycles. The van der Waals surface area contributed by atoms with Crippen molar-refractivity contribution in [1.29, 1.82) is 0 Å². The number of hydrazine groups is 1. The molecule has 3 aliphatic rings. The Kier molecular flexibility index (Phi) is 9.47. The molecule has 23 heteroatoms. The Hall–Kier alpha value is -5.35. The van der Waals surface area contributed by atoms with Gasteiger partial charge in [-0.3, -0.25) is 24.7 Å². The minimum atomic E-state index is -2.01. The normalized spacial score (nSPS) is 22.3. The molecule has 4 amide bonds. The summed E-state index contributed by atoms with van der Waals surface area (Å²) in [6, 6.07) is 1.25. The number of nitrogens with two attached hydrogens (primary N) is 2. The van der Waals surface area contributed by atoms with Gasteiger partial charge in [-0.1, -0.05) is 28.5 Å². The van der Waals surface area contributed by atoms with Crippen LogP contribution in [-0.2, 0) is 28.8 Å². The summed E-state index contributed by atoms with van der Waals surface area (Å²) in [5, 5.41) is 47.5. The van der Waals surface area contributed by atoms with E-state index in [1.54, 1.807) is 0 Å². The largest absolute Gasteiger partial charge is 0.504 e. The van der Waals surface area contributed by atoms with Gasteiger partial charge in [-0.15, -0.1) is 11.3 Å². The van der Waals surface area contributed by atoms with Crippen molar-refractivity contribution >= 4 is 86.8 Å². The molecule has 2 aromatic rings. The number of urea groups is 1. The minimum Gasteiger partial charge on any atom is -0.504 e. The minimum absolute atomic E-state index is 0.0154. The van der Waals surface area contributed by atoms with Gasteiger partial charge in [-0.25, -0.2) is 24.4 Å². The summed E-state index contributed by atoms with van der Waals surface area (Å²) in [6.07, 6.45) is -0.484. The van der Waals surface area contributed by atoms with Crippen molar-refractivity contribution in [1.82, 2.24) is 25.2 Å². The number of aromatic hydroxyl groups is 2. The second-order valence-electron chi connectivity index (χ2n) is 11.5. The highest BCUT2D eigenvalue weighted by Crippen LogP contribution is 2.53. The fraction of sp³-hybridized carbons (Fsp3) is 0.370. The summed E-state index contributed by atoms with van der Waals surface area (Å²) in [6.45, 7) is 1.57. The van der Waals surface area contributed by atoms with Gasteiger partial charge in [0.25, 0.3) is 5.91 Å². The molecule has 3 atom stereocenters. The van der Waals surface area contributed by atoms with Crippen molar-refractivity contribution in [3.63, 3.8) is 0 Å². The first-order valence-electron chi connectivity index (χ1n) is 14.3. The van der Waals surface area contributed by atoms with Crippen LogP contribution in [0.5, 0.6) is 11.5 Å². The average Bonchev–Trinajstić information content (AvgIpc) is 3.76. The molecule has 266 valence electrons. The van der Waals surface area contributed by atoms with Crippen LogP contribution in [0.2, 0.25) is 5.02 Å². The number of hydrogen-bond acceptors (Lipinski definition) is 16. The SMILES string of the molecule is CC(C)(O/N=C(\C(=O)C[C@@H]1C(=O)N2C[C@@](C(=O)O)(N3CCN(NC(=O)/C(=N\N)c4ccc(O)c(O)c4Cl)C3=O)S[C@H]12)c1csc(N)n1)C(=O)O. The van der Waals surface area contributed by atoms with E-state index in [0.717, 1.165) is 45.1 Å². The fourth-order valence-corrected chi connectivity index (χ4v) is 7.71. The van der Waals surface area contributed by atoms with Gasteiger partial charge >= 0.3 is 18.0 Å². The average molecular weight is 754 g/mol. The van der Waals surface area contributed by atoms with Crippen molar-refractivity contribution in [2.24, 2.45) is 22.0 Å². The van der Waals surface area contributed by atoms with Gasteiger partial charge in [-0.2, -0.15) is 5.10 Å². The number of oxime groups is 1. The monoisotopic (exact) mass is 753 g/mol. The highest BCUT2D eigenvalue weighted by atomic mass is 35.5. The Morgan fingerprint density at radius 2 is 1.88 bits per heavy atom. The van der Waals surface area contributed by atoms with Crippen LogP contribution in [0.4, 0.5) is 9.93 Å². The Morgan fingerprint density at radius 1 is 1.18 bits per heavy atom. The number of aromatic nitrogens is 1. The molecule has 0 aliphatic carbocycles. The topological polar surface area (TPSA) is 304 Å². The van der Waals surface area contributed by atoms with Crippen LogP contribution in [0.3, 0.4) is 0 Å². The van der Waals surface area contributed by atoms with Crippen molar-refractivity contribution in [2.45, 2.75) is 36.1 Å². The zero-order chi connectivity index (χ0) is 36.9. The number of Topliss-reactive ketones (excluding diaryl/α,β-unsaturated/α-hetero) is 1. The maximum absolute atomic E-state index is 13.5. The van der Waals surface area contributed by atoms with E-state index in [-0.39, 0.29) is 29.5 Å². The second kappa shape index (κ2) is 13.2. The predicted octanol–water partition coefficient (Wildman–Crippen LogP) is -0.223. The number of halogens is 1. The summed E-state index contributed by atoms with van der Waals surface area (Å²) in [7, 11) is 0. The van der Waals surface area contributed by atoms with Gasteiger partial charge in [0, 0.05) is 23.9 Å². The van der Waals surface area contributed by atoms with E-state index >= 15 is 0 Å². The number of nitrogen functional groups attached to an aromatic ring is 1. The summed E-state index contributed by atoms with van der Waals surface area (Å²) >= 11 is 7.77. The lowest BCUT2D eigenvalue weighted by Gasteiger charge is -2.40. The third kappa shape index (κ3) is 6.15. The maximum Gasteiger partial charge on any atom is 0.350 e. The molecule has 3 fully saturated rings. The number of rotatable bonds is 12. The Bertz CT molecular complexity index is 1890. The third-order valence-electron chi connectivity index (χ3n) is 7.98. The van der Waals surface area contributed by atoms with E-state index in [1.807, 2.05) is 0 Å². The van der Waals surface area contributed by atoms with Gasteiger partial charge < -0.3 is 41.7 Å². The lowest BCUT2D eigenvalue weighted by atomic mass is 9.90. The van der Waals surface area contributed by atoms with Crippen LogP contribution in [-0.4, -0.2) is 123 Å². The molecular formula is C27H28ClN9O11S2. The highest BCUT2D eigenvalue weighted by Gasteiger charge is 2.66. The number of phenolic OH excluding ortho intramolecular Hbond substituents is 2. The van der Waals surface area contributed by atoms with Gasteiger partial charge in [-0.05, 0) is 26.0 Å². The first-order chi connectivity index (χ1) is 23.4. The number of amides is 4. The summed E-state index contributed by atoms with van der Waals surface area (Å²) in [5.74, 6) is -2.19. The highest BCUT2D eigenvalue weighted by molar-refractivity contribution is 8.02. The van der Waals surface area contributed by atoms with E-state index in [4.69, 9.17) is 28.0 Å². The molecule has 0 unspecified atom stereocenters. The maximum atomic E-state index is 13.5. The molecule has 3 saturated heterocycles. The smallest absolute Gasteiger partial charge is 0.350 e. The van der Waals surface area contributed by atoms with Crippen molar-refractivity contribution < 1.29 is 54.0 Å². The van der Waals surface area contributed by atoms with E-state index in [9.17, 15) is 49.2 Å². The molecule has 50 heavy (non-hydrogen) atoms. The van der Waals surface area contributed by atoms with Crippen molar-refractivity contribution in [3.05, 3.63) is 33.8 Å². The van der Waals surface area contributed by atoms with E-state index in [0.29, 0.717) is 0 Å². The first kappa shape index (κ1) is 35.9. The van der Waals surface area contributed by atoms with Crippen molar-refractivity contribution in [3.8, 4) is 11.5 Å². The number of carbonyl (C=O) groups is 6. The zero-order valence-corrected chi connectivity index (χ0v) is 28.3. The van der Waals surface area contributed by atoms with Gasteiger partial charge in [0.2, 0.25) is 16.4 Å². The molecule has 9 N–H and O–H groups in total. The molecule has 0 radical (unpaired) electrons. The second-order valence-corrected chi connectivity index (χ2v) is 14.2. The lowest BCUT2D eigenvalue weighted by Crippen LogP contribution is -2.60. The number of phenols is 2. The molecule has 1 aromatic carbocycles. The van der Waals surface area contributed by atoms with Crippen LogP contribution in [0, 0.1) is 5.92 Å². The third-order valence-corrected chi connectivity index (χ3v) is 10.8. The fourth-order valence-electron chi connectivity index (χ4n) is 5.22. The Labute approximate surface area is 294 Å². The lowest BCUT2D eigenvalue weighted by molar-refractivity contribution is -0.161. The van der Waals surface area contributed by atoms with E-state index < -0.39 is 98.2 Å². The number of nitrogens with one attached hydrogen (secondary N) is 1. The number of carbonyl (C=O) groups excluding carboxylic acids is 4. The predicted molar refractivity (Wildman–Crippen MR) is 175 cm³/mol. The number of aliphatic carboxylic acids is 2. The number of carboxylic acid groups (broad SMARTS) is 2. The van der Waals surface area contributed by atoms with Gasteiger partial charge in [0.15, 0.2) is 33.8 Å². The molecule has 0 spiro atoms.